The lowest BCUT2D eigenvalue weighted by Gasteiger charge is -2.20. The quantitative estimate of drug-likeness (QED) is 0.871. The summed E-state index contributed by atoms with van der Waals surface area (Å²) in [6.45, 7) is 1.02. The topological polar surface area (TPSA) is 79.1 Å². The van der Waals surface area contributed by atoms with E-state index in [1.165, 1.54) is 15.9 Å². The Morgan fingerprint density at radius 3 is 2.73 bits per heavy atom. The van der Waals surface area contributed by atoms with Crippen molar-refractivity contribution in [1.29, 1.82) is 0 Å². The van der Waals surface area contributed by atoms with Gasteiger partial charge in [-0.05, 0) is 18.2 Å². The number of cyclic esters (lactones) is 1. The van der Waals surface area contributed by atoms with Gasteiger partial charge in [-0.1, -0.05) is 0 Å². The zero-order valence-corrected chi connectivity index (χ0v) is 12.2. The Morgan fingerprint density at radius 1 is 1.41 bits per heavy atom. The molecule has 0 spiro atoms. The Hall–Kier alpha value is -2.35. The molecule has 2 fully saturated rings. The molecule has 2 saturated heterocycles. The van der Waals surface area contributed by atoms with E-state index in [1.807, 2.05) is 0 Å². The van der Waals surface area contributed by atoms with Gasteiger partial charge in [0.2, 0.25) is 5.91 Å². The van der Waals surface area contributed by atoms with Gasteiger partial charge in [-0.15, -0.1) is 0 Å². The first-order valence-electron chi connectivity index (χ1n) is 6.96. The number of benzene rings is 1. The van der Waals surface area contributed by atoms with Crippen molar-refractivity contribution >= 4 is 23.4 Å². The van der Waals surface area contributed by atoms with E-state index in [0.29, 0.717) is 24.6 Å². The third-order valence-electron chi connectivity index (χ3n) is 3.86. The maximum Gasteiger partial charge on any atom is 0.414 e. The summed E-state index contributed by atoms with van der Waals surface area (Å²) in [5.74, 6) is -0.540. The summed E-state index contributed by atoms with van der Waals surface area (Å²) in [6.07, 6.45) is -0.904. The summed E-state index contributed by atoms with van der Waals surface area (Å²) in [4.78, 5) is 27.8. The third-order valence-corrected chi connectivity index (χ3v) is 3.86. The van der Waals surface area contributed by atoms with Crippen molar-refractivity contribution in [3.63, 3.8) is 0 Å². The van der Waals surface area contributed by atoms with Crippen LogP contribution in [-0.2, 0) is 9.53 Å². The van der Waals surface area contributed by atoms with Crippen molar-refractivity contribution in [3.8, 4) is 0 Å². The summed E-state index contributed by atoms with van der Waals surface area (Å²) in [5.41, 5.74) is 6.23. The van der Waals surface area contributed by atoms with Gasteiger partial charge in [-0.3, -0.25) is 9.69 Å². The predicted octanol–water partition coefficient (Wildman–Crippen LogP) is 0.345. The summed E-state index contributed by atoms with van der Waals surface area (Å²) in [5, 5.41) is 0. The highest BCUT2D eigenvalue weighted by Crippen LogP contribution is 2.28. The van der Waals surface area contributed by atoms with Crippen LogP contribution in [0.2, 0.25) is 0 Å². The van der Waals surface area contributed by atoms with E-state index in [1.54, 1.807) is 24.1 Å². The number of carbonyl (C=O) groups is 2. The van der Waals surface area contributed by atoms with Crippen LogP contribution in [0.5, 0.6) is 0 Å². The molecular weight excluding hydrogens is 291 g/mol. The number of nitrogens with zero attached hydrogens (tertiary/aromatic N) is 3. The molecule has 22 heavy (non-hydrogen) atoms. The number of anilines is 2. The molecule has 1 unspecified atom stereocenters. The summed E-state index contributed by atoms with van der Waals surface area (Å²) in [6, 6.07) is 4.49. The van der Waals surface area contributed by atoms with E-state index >= 15 is 0 Å². The molecule has 0 saturated carbocycles. The number of hydrogen-bond acceptors (Lipinski definition) is 5. The molecule has 2 aliphatic heterocycles. The average Bonchev–Trinajstić information content (AvgIpc) is 3.02. The lowest BCUT2D eigenvalue weighted by molar-refractivity contribution is -0.125. The second kappa shape index (κ2) is 5.45. The fraction of sp³-hybridized carbons (Fsp3) is 0.429. The van der Waals surface area contributed by atoms with Crippen molar-refractivity contribution in [2.75, 3.05) is 43.2 Å². The molecule has 0 radical (unpaired) electrons. The smallest absolute Gasteiger partial charge is 0.414 e. The Bertz CT molecular complexity index is 624. The summed E-state index contributed by atoms with van der Waals surface area (Å²) >= 11 is 0. The maximum absolute atomic E-state index is 14.3. The van der Waals surface area contributed by atoms with Gasteiger partial charge in [0, 0.05) is 13.6 Å². The van der Waals surface area contributed by atoms with E-state index in [0.717, 1.165) is 0 Å². The van der Waals surface area contributed by atoms with Crippen molar-refractivity contribution < 1.29 is 18.7 Å². The molecule has 8 heteroatoms. The number of likely N-dealkylation sites (N-methyl/N-ethyl adjacent to an activating group) is 1. The van der Waals surface area contributed by atoms with Crippen LogP contribution >= 0.6 is 0 Å². The fourth-order valence-electron chi connectivity index (χ4n) is 2.61. The minimum atomic E-state index is -0.529. The van der Waals surface area contributed by atoms with Crippen molar-refractivity contribution in [1.82, 2.24) is 4.90 Å². The molecule has 1 atom stereocenters. The zero-order valence-electron chi connectivity index (χ0n) is 12.2. The molecule has 7 nitrogen and oxygen atoms in total. The van der Waals surface area contributed by atoms with Crippen LogP contribution in [0, 0.1) is 5.82 Å². The van der Waals surface area contributed by atoms with Crippen molar-refractivity contribution in [3.05, 3.63) is 24.0 Å². The van der Waals surface area contributed by atoms with Crippen molar-refractivity contribution in [2.24, 2.45) is 5.73 Å². The molecule has 0 aliphatic carbocycles. The number of amides is 2. The first kappa shape index (κ1) is 14.6. The number of nitrogens with two attached hydrogens (primary N) is 1. The lowest BCUT2D eigenvalue weighted by atomic mass is 10.2. The van der Waals surface area contributed by atoms with Gasteiger partial charge in [0.1, 0.15) is 11.9 Å². The van der Waals surface area contributed by atoms with Crippen LogP contribution < -0.4 is 15.5 Å². The van der Waals surface area contributed by atoms with Crippen LogP contribution in [0.4, 0.5) is 20.6 Å². The SMILES string of the molecule is CN1CN(c2ccc(N3CC(CN)OC3=O)cc2F)CC1=O. The van der Waals surface area contributed by atoms with Gasteiger partial charge in [0.15, 0.2) is 0 Å². The highest BCUT2D eigenvalue weighted by molar-refractivity contribution is 5.90. The average molecular weight is 308 g/mol. The van der Waals surface area contributed by atoms with Crippen LogP contribution in [0.15, 0.2) is 18.2 Å². The highest BCUT2D eigenvalue weighted by atomic mass is 19.1. The molecule has 0 bridgehead atoms. The molecular formula is C14H17FN4O3. The largest absolute Gasteiger partial charge is 0.443 e. The molecule has 2 N–H and O–H groups in total. The van der Waals surface area contributed by atoms with Crippen LogP contribution in [0.3, 0.4) is 0 Å². The Kier molecular flexibility index (Phi) is 3.61. The summed E-state index contributed by atoms with van der Waals surface area (Å²) < 4.78 is 19.4. The maximum atomic E-state index is 14.3. The third kappa shape index (κ3) is 2.45. The predicted molar refractivity (Wildman–Crippen MR) is 78.1 cm³/mol. The molecule has 2 heterocycles. The number of ether oxygens (including phenoxy) is 1. The number of rotatable bonds is 3. The first-order valence-corrected chi connectivity index (χ1v) is 6.96. The van der Waals surface area contributed by atoms with Crippen LogP contribution in [0.25, 0.3) is 0 Å². The van der Waals surface area contributed by atoms with E-state index < -0.39 is 11.9 Å². The monoisotopic (exact) mass is 308 g/mol. The highest BCUT2D eigenvalue weighted by Gasteiger charge is 2.32. The Balaban J connectivity index is 1.81. The normalized spacial score (nSPS) is 21.8. The van der Waals surface area contributed by atoms with Gasteiger partial charge < -0.3 is 20.3 Å². The zero-order chi connectivity index (χ0) is 15.9. The van der Waals surface area contributed by atoms with E-state index in [2.05, 4.69) is 0 Å². The van der Waals surface area contributed by atoms with Crippen LogP contribution in [0.1, 0.15) is 0 Å². The van der Waals surface area contributed by atoms with Gasteiger partial charge in [0.05, 0.1) is 31.1 Å². The summed E-state index contributed by atoms with van der Waals surface area (Å²) in [7, 11) is 1.67. The minimum absolute atomic E-state index is 0.0580. The standard InChI is InChI=1S/C14H17FN4O3/c1-17-8-18(7-13(17)20)12-3-2-9(4-11(12)15)19-6-10(5-16)22-14(19)21/h2-4,10H,5-8,16H2,1H3. The van der Waals surface area contributed by atoms with Gasteiger partial charge in [-0.2, -0.15) is 0 Å². The number of carbonyl (C=O) groups excluding carboxylic acids is 2. The molecule has 118 valence electrons. The molecule has 0 aromatic heterocycles. The molecule has 2 amide bonds. The number of halogens is 1. The van der Waals surface area contributed by atoms with E-state index in [9.17, 15) is 14.0 Å². The number of hydrogen-bond donors (Lipinski definition) is 1. The van der Waals surface area contributed by atoms with Gasteiger partial charge in [0.25, 0.3) is 0 Å². The second-order valence-electron chi connectivity index (χ2n) is 5.42. The van der Waals surface area contributed by atoms with Crippen LogP contribution in [-0.4, -0.2) is 56.4 Å². The minimum Gasteiger partial charge on any atom is -0.443 e. The van der Waals surface area contributed by atoms with E-state index in [4.69, 9.17) is 10.5 Å². The molecule has 3 rings (SSSR count). The first-order chi connectivity index (χ1) is 10.5. The van der Waals surface area contributed by atoms with E-state index in [-0.39, 0.29) is 25.1 Å². The Morgan fingerprint density at radius 2 is 2.18 bits per heavy atom. The van der Waals surface area contributed by atoms with Crippen molar-refractivity contribution in [2.45, 2.75) is 6.10 Å². The molecule has 2 aliphatic rings. The van der Waals surface area contributed by atoms with Gasteiger partial charge in [-0.25, -0.2) is 9.18 Å². The molecule has 1 aromatic rings. The van der Waals surface area contributed by atoms with Gasteiger partial charge >= 0.3 is 6.09 Å². The second-order valence-corrected chi connectivity index (χ2v) is 5.42. The molecule has 1 aromatic carbocycles. The lowest BCUT2D eigenvalue weighted by Crippen LogP contribution is -2.28. The fourth-order valence-corrected chi connectivity index (χ4v) is 2.61. The Labute approximate surface area is 127 Å².